The van der Waals surface area contributed by atoms with Gasteiger partial charge in [-0.05, 0) is 13.8 Å². The van der Waals surface area contributed by atoms with Crippen LogP contribution in [0, 0.1) is 0 Å². The van der Waals surface area contributed by atoms with Gasteiger partial charge in [0, 0.05) is 25.7 Å². The van der Waals surface area contributed by atoms with Crippen LogP contribution in [0.5, 0.6) is 0 Å². The normalized spacial score (nSPS) is 29.3. The zero-order valence-corrected chi connectivity index (χ0v) is 9.96. The van der Waals surface area contributed by atoms with Crippen LogP contribution in [0.2, 0.25) is 0 Å². The minimum absolute atomic E-state index is 0.0596. The molecule has 1 rings (SSSR count). The Labute approximate surface area is 90.9 Å². The Bertz CT molecular complexity index is 294. The van der Waals surface area contributed by atoms with Gasteiger partial charge in [0.1, 0.15) is 0 Å². The van der Waals surface area contributed by atoms with Gasteiger partial charge in [-0.25, -0.2) is 4.72 Å². The lowest BCUT2D eigenvalue weighted by Gasteiger charge is -2.35. The number of nitrogens with one attached hydrogen (secondary N) is 1. The van der Waals surface area contributed by atoms with E-state index in [0.29, 0.717) is 19.7 Å². The maximum Gasteiger partial charge on any atom is 0.279 e. The summed E-state index contributed by atoms with van der Waals surface area (Å²) in [4.78, 5) is 0. The van der Waals surface area contributed by atoms with Gasteiger partial charge in [0.15, 0.2) is 0 Å². The van der Waals surface area contributed by atoms with Crippen molar-refractivity contribution in [3.8, 4) is 0 Å². The standard InChI is InChI=1S/C8H19N3O3S/c1-7-6-14-8(2)5-11(7)15(12,13)10-4-3-9/h7-8,10H,3-6,9H2,1-2H3. The average Bonchev–Trinajstić information content (AvgIpc) is 2.18. The van der Waals surface area contributed by atoms with Crippen LogP contribution in [0.25, 0.3) is 0 Å². The fourth-order valence-electron chi connectivity index (χ4n) is 1.48. The van der Waals surface area contributed by atoms with Crippen molar-refractivity contribution in [1.29, 1.82) is 0 Å². The summed E-state index contributed by atoms with van der Waals surface area (Å²) in [5.41, 5.74) is 5.26. The van der Waals surface area contributed by atoms with E-state index in [-0.39, 0.29) is 18.7 Å². The highest BCUT2D eigenvalue weighted by molar-refractivity contribution is 7.87. The first-order valence-electron chi connectivity index (χ1n) is 5.05. The molecular formula is C8H19N3O3S. The van der Waals surface area contributed by atoms with Gasteiger partial charge in [0.2, 0.25) is 0 Å². The lowest BCUT2D eigenvalue weighted by Crippen LogP contribution is -2.54. The highest BCUT2D eigenvalue weighted by Gasteiger charge is 2.32. The Hall–Kier alpha value is -0.210. The number of hydrogen-bond donors (Lipinski definition) is 2. The second-order valence-electron chi connectivity index (χ2n) is 3.75. The molecular weight excluding hydrogens is 218 g/mol. The third-order valence-electron chi connectivity index (χ3n) is 2.29. The van der Waals surface area contributed by atoms with E-state index < -0.39 is 10.2 Å². The van der Waals surface area contributed by atoms with E-state index in [2.05, 4.69) is 4.72 Å². The predicted molar refractivity (Wildman–Crippen MR) is 57.6 cm³/mol. The topological polar surface area (TPSA) is 84.7 Å². The molecule has 0 amide bonds. The Morgan fingerprint density at radius 3 is 2.80 bits per heavy atom. The molecule has 0 aromatic carbocycles. The summed E-state index contributed by atoms with van der Waals surface area (Å²) < 4.78 is 32.8. The number of hydrogen-bond acceptors (Lipinski definition) is 4. The molecule has 3 N–H and O–H groups in total. The Balaban J connectivity index is 2.67. The van der Waals surface area contributed by atoms with Gasteiger partial charge in [0.25, 0.3) is 10.2 Å². The maximum atomic E-state index is 11.8. The summed E-state index contributed by atoms with van der Waals surface area (Å²) in [5, 5.41) is 0. The van der Waals surface area contributed by atoms with Crippen LogP contribution in [-0.2, 0) is 14.9 Å². The summed E-state index contributed by atoms with van der Waals surface area (Å²) in [5.74, 6) is 0. The number of morpholine rings is 1. The lowest BCUT2D eigenvalue weighted by atomic mass is 10.2. The van der Waals surface area contributed by atoms with Crippen LogP contribution in [-0.4, -0.2) is 51.1 Å². The number of ether oxygens (including phenoxy) is 1. The molecule has 0 aromatic rings. The smallest absolute Gasteiger partial charge is 0.279 e. The van der Waals surface area contributed by atoms with E-state index in [1.165, 1.54) is 4.31 Å². The van der Waals surface area contributed by atoms with Crippen LogP contribution in [0.3, 0.4) is 0 Å². The molecule has 0 aromatic heterocycles. The molecule has 0 radical (unpaired) electrons. The van der Waals surface area contributed by atoms with Crippen LogP contribution >= 0.6 is 0 Å². The van der Waals surface area contributed by atoms with Crippen molar-refractivity contribution in [2.75, 3.05) is 26.2 Å². The first-order chi connectivity index (χ1) is 6.97. The summed E-state index contributed by atoms with van der Waals surface area (Å²) in [6.07, 6.45) is -0.0596. The molecule has 1 aliphatic rings. The van der Waals surface area contributed by atoms with Crippen molar-refractivity contribution in [3.05, 3.63) is 0 Å². The SMILES string of the molecule is CC1CN(S(=O)(=O)NCCN)C(C)CO1. The third kappa shape index (κ3) is 3.39. The van der Waals surface area contributed by atoms with Gasteiger partial charge in [-0.15, -0.1) is 0 Å². The predicted octanol–water partition coefficient (Wildman–Crippen LogP) is -1.11. The molecule has 6 nitrogen and oxygen atoms in total. The summed E-state index contributed by atoms with van der Waals surface area (Å²) in [6, 6.07) is -0.128. The van der Waals surface area contributed by atoms with Gasteiger partial charge in [0.05, 0.1) is 12.7 Å². The van der Waals surface area contributed by atoms with E-state index in [0.717, 1.165) is 0 Å². The highest BCUT2D eigenvalue weighted by Crippen LogP contribution is 2.14. The molecule has 1 saturated heterocycles. The zero-order valence-electron chi connectivity index (χ0n) is 9.14. The van der Waals surface area contributed by atoms with E-state index in [1.54, 1.807) is 0 Å². The van der Waals surface area contributed by atoms with Crippen molar-refractivity contribution >= 4 is 10.2 Å². The molecule has 0 spiro atoms. The quantitative estimate of drug-likeness (QED) is 0.649. The van der Waals surface area contributed by atoms with Crippen LogP contribution in [0.4, 0.5) is 0 Å². The number of nitrogens with zero attached hydrogens (tertiary/aromatic N) is 1. The van der Waals surface area contributed by atoms with Gasteiger partial charge >= 0.3 is 0 Å². The summed E-state index contributed by atoms with van der Waals surface area (Å²) in [7, 11) is -3.40. The number of rotatable bonds is 4. The van der Waals surface area contributed by atoms with Gasteiger partial charge < -0.3 is 10.5 Å². The van der Waals surface area contributed by atoms with E-state index in [9.17, 15) is 8.42 Å². The molecule has 0 saturated carbocycles. The molecule has 1 fully saturated rings. The molecule has 2 atom stereocenters. The Morgan fingerprint density at radius 2 is 2.20 bits per heavy atom. The van der Waals surface area contributed by atoms with Crippen LogP contribution < -0.4 is 10.5 Å². The van der Waals surface area contributed by atoms with Gasteiger partial charge in [-0.1, -0.05) is 0 Å². The lowest BCUT2D eigenvalue weighted by molar-refractivity contribution is -0.0174. The second kappa shape index (κ2) is 5.22. The fourth-order valence-corrected chi connectivity index (χ4v) is 2.96. The number of nitrogens with two attached hydrogens (primary N) is 1. The first-order valence-corrected chi connectivity index (χ1v) is 6.49. The van der Waals surface area contributed by atoms with Crippen molar-refractivity contribution in [1.82, 2.24) is 9.03 Å². The van der Waals surface area contributed by atoms with Crippen molar-refractivity contribution in [2.24, 2.45) is 5.73 Å². The van der Waals surface area contributed by atoms with E-state index in [1.807, 2.05) is 13.8 Å². The molecule has 2 unspecified atom stereocenters. The Morgan fingerprint density at radius 1 is 1.53 bits per heavy atom. The van der Waals surface area contributed by atoms with Gasteiger partial charge in [-0.3, -0.25) is 0 Å². The maximum absolute atomic E-state index is 11.8. The highest BCUT2D eigenvalue weighted by atomic mass is 32.2. The molecule has 90 valence electrons. The summed E-state index contributed by atoms with van der Waals surface area (Å²) >= 11 is 0. The molecule has 1 aliphatic heterocycles. The van der Waals surface area contributed by atoms with Crippen LogP contribution in [0.15, 0.2) is 0 Å². The molecule has 15 heavy (non-hydrogen) atoms. The van der Waals surface area contributed by atoms with Crippen molar-refractivity contribution in [3.63, 3.8) is 0 Å². The molecule has 7 heteroatoms. The van der Waals surface area contributed by atoms with E-state index in [4.69, 9.17) is 10.5 Å². The third-order valence-corrected chi connectivity index (χ3v) is 3.98. The second-order valence-corrected chi connectivity index (χ2v) is 5.46. The summed E-state index contributed by atoms with van der Waals surface area (Å²) in [6.45, 7) is 5.07. The largest absolute Gasteiger partial charge is 0.375 e. The van der Waals surface area contributed by atoms with Gasteiger partial charge in [-0.2, -0.15) is 12.7 Å². The van der Waals surface area contributed by atoms with Crippen molar-refractivity contribution < 1.29 is 13.2 Å². The van der Waals surface area contributed by atoms with E-state index >= 15 is 0 Å². The molecule has 1 heterocycles. The van der Waals surface area contributed by atoms with Crippen molar-refractivity contribution in [2.45, 2.75) is 26.0 Å². The molecule has 0 bridgehead atoms. The minimum Gasteiger partial charge on any atom is -0.375 e. The molecule has 0 aliphatic carbocycles. The minimum atomic E-state index is -3.40. The first kappa shape index (κ1) is 12.9. The van der Waals surface area contributed by atoms with Crippen LogP contribution in [0.1, 0.15) is 13.8 Å². The average molecular weight is 237 g/mol. The fraction of sp³-hybridized carbons (Fsp3) is 1.00. The zero-order chi connectivity index (χ0) is 11.5. The monoisotopic (exact) mass is 237 g/mol. The Kier molecular flexibility index (Phi) is 4.47.